The molecule has 21 heavy (non-hydrogen) atoms. The molecule has 0 unspecified atom stereocenters. The molecule has 106 valence electrons. The molecule has 0 aliphatic carbocycles. The van der Waals surface area contributed by atoms with Gasteiger partial charge in [0.2, 0.25) is 0 Å². The monoisotopic (exact) mass is 391 g/mol. The minimum Gasteiger partial charge on any atom is -0.345 e. The van der Waals surface area contributed by atoms with E-state index >= 15 is 0 Å². The molecule has 4 nitrogen and oxygen atoms in total. The van der Waals surface area contributed by atoms with Crippen molar-refractivity contribution in [2.24, 2.45) is 7.05 Å². The molecule has 0 spiro atoms. The average molecular weight is 391 g/mol. The lowest BCUT2D eigenvalue weighted by Crippen LogP contribution is -2.24. The highest BCUT2D eigenvalue weighted by Crippen LogP contribution is 2.14. The first-order chi connectivity index (χ1) is 10.1. The van der Waals surface area contributed by atoms with Gasteiger partial charge in [0, 0.05) is 16.2 Å². The Labute approximate surface area is 136 Å². The van der Waals surface area contributed by atoms with Crippen LogP contribution in [0.1, 0.15) is 16.2 Å². The third-order valence-electron chi connectivity index (χ3n) is 3.39. The fraction of sp³-hybridized carbons (Fsp3) is 0.125. The van der Waals surface area contributed by atoms with Gasteiger partial charge in [-0.3, -0.25) is 4.79 Å². The Balaban J connectivity index is 1.75. The van der Waals surface area contributed by atoms with Gasteiger partial charge in [-0.25, -0.2) is 4.98 Å². The number of hydrogen-bond acceptors (Lipinski definition) is 2. The standard InChI is InChI=1S/C16H14IN3O/c1-20-14-5-3-2-4-13(14)19-15(20)10-18-16(21)11-6-8-12(17)9-7-11/h2-9H,10H2,1H3,(H,18,21). The SMILES string of the molecule is Cn1c(CNC(=O)c2ccc(I)cc2)nc2ccccc21. The second kappa shape index (κ2) is 5.85. The van der Waals surface area contributed by atoms with E-state index in [1.54, 1.807) is 0 Å². The molecule has 0 bridgehead atoms. The van der Waals surface area contributed by atoms with Gasteiger partial charge < -0.3 is 9.88 Å². The molecule has 1 aromatic heterocycles. The van der Waals surface area contributed by atoms with E-state index in [2.05, 4.69) is 32.9 Å². The van der Waals surface area contributed by atoms with E-state index in [0.717, 1.165) is 20.4 Å². The highest BCUT2D eigenvalue weighted by Gasteiger charge is 2.09. The Bertz CT molecular complexity index is 793. The van der Waals surface area contributed by atoms with Gasteiger partial charge in [-0.15, -0.1) is 0 Å². The number of halogens is 1. The molecular weight excluding hydrogens is 377 g/mol. The molecule has 0 aliphatic rings. The van der Waals surface area contributed by atoms with Crippen LogP contribution in [0.5, 0.6) is 0 Å². The van der Waals surface area contributed by atoms with Gasteiger partial charge in [-0.1, -0.05) is 12.1 Å². The number of aromatic nitrogens is 2. The van der Waals surface area contributed by atoms with Crippen molar-refractivity contribution < 1.29 is 4.79 Å². The summed E-state index contributed by atoms with van der Waals surface area (Å²) in [6.45, 7) is 0.413. The summed E-state index contributed by atoms with van der Waals surface area (Å²) in [5, 5.41) is 2.91. The number of para-hydroxylation sites is 2. The Morgan fingerprint density at radius 1 is 1.19 bits per heavy atom. The van der Waals surface area contributed by atoms with Gasteiger partial charge in [0.05, 0.1) is 17.6 Å². The number of amides is 1. The van der Waals surface area contributed by atoms with Crippen LogP contribution in [-0.4, -0.2) is 15.5 Å². The van der Waals surface area contributed by atoms with Crippen LogP contribution in [0.25, 0.3) is 11.0 Å². The number of benzene rings is 2. The smallest absolute Gasteiger partial charge is 0.251 e. The van der Waals surface area contributed by atoms with Crippen LogP contribution >= 0.6 is 22.6 Å². The van der Waals surface area contributed by atoms with Gasteiger partial charge in [0.1, 0.15) is 5.82 Å². The number of aryl methyl sites for hydroxylation is 1. The molecule has 0 saturated heterocycles. The van der Waals surface area contributed by atoms with Crippen LogP contribution in [-0.2, 0) is 13.6 Å². The first-order valence-corrected chi connectivity index (χ1v) is 7.67. The third-order valence-corrected chi connectivity index (χ3v) is 4.11. The second-order valence-corrected chi connectivity index (χ2v) is 6.01. The summed E-state index contributed by atoms with van der Waals surface area (Å²) in [5.74, 6) is 0.758. The molecule has 0 atom stereocenters. The quantitative estimate of drug-likeness (QED) is 0.698. The number of fused-ring (bicyclic) bond motifs is 1. The van der Waals surface area contributed by atoms with E-state index in [9.17, 15) is 4.79 Å². The van der Waals surface area contributed by atoms with Crippen molar-refractivity contribution in [2.75, 3.05) is 0 Å². The fourth-order valence-corrected chi connectivity index (χ4v) is 2.58. The van der Waals surface area contributed by atoms with Crippen molar-refractivity contribution in [1.29, 1.82) is 0 Å². The highest BCUT2D eigenvalue weighted by atomic mass is 127. The van der Waals surface area contributed by atoms with Crippen LogP contribution in [0.3, 0.4) is 0 Å². The number of carbonyl (C=O) groups excluding carboxylic acids is 1. The first kappa shape index (κ1) is 14.1. The molecule has 1 heterocycles. The first-order valence-electron chi connectivity index (χ1n) is 6.59. The molecule has 5 heteroatoms. The van der Waals surface area contributed by atoms with Crippen LogP contribution in [0.15, 0.2) is 48.5 Å². The number of hydrogen-bond donors (Lipinski definition) is 1. The predicted molar refractivity (Wildman–Crippen MR) is 91.0 cm³/mol. The normalized spacial score (nSPS) is 10.8. The lowest BCUT2D eigenvalue weighted by molar-refractivity contribution is 0.0949. The third kappa shape index (κ3) is 2.92. The summed E-state index contributed by atoms with van der Waals surface area (Å²) in [5.41, 5.74) is 2.67. The Hall–Kier alpha value is -1.89. The molecular formula is C16H14IN3O. The van der Waals surface area contributed by atoms with Gasteiger partial charge >= 0.3 is 0 Å². The van der Waals surface area contributed by atoms with Gasteiger partial charge in [0.15, 0.2) is 0 Å². The molecule has 3 rings (SSSR count). The van der Waals surface area contributed by atoms with E-state index in [-0.39, 0.29) is 5.91 Å². The van der Waals surface area contributed by atoms with Crippen LogP contribution in [0.2, 0.25) is 0 Å². The summed E-state index contributed by atoms with van der Waals surface area (Å²) >= 11 is 2.22. The molecule has 0 aliphatic heterocycles. The van der Waals surface area contributed by atoms with Crippen LogP contribution in [0.4, 0.5) is 0 Å². The molecule has 1 amide bonds. The van der Waals surface area contributed by atoms with Crippen molar-refractivity contribution >= 4 is 39.5 Å². The maximum absolute atomic E-state index is 12.1. The molecule has 0 fully saturated rings. The molecule has 3 aromatic rings. The molecule has 0 radical (unpaired) electrons. The van der Waals surface area contributed by atoms with Gasteiger partial charge in [-0.05, 0) is 59.0 Å². The average Bonchev–Trinajstić information content (AvgIpc) is 2.82. The lowest BCUT2D eigenvalue weighted by Gasteiger charge is -2.05. The van der Waals surface area contributed by atoms with Crippen molar-refractivity contribution in [3.8, 4) is 0 Å². The number of imidazole rings is 1. The summed E-state index contributed by atoms with van der Waals surface area (Å²) < 4.78 is 3.11. The Kier molecular flexibility index (Phi) is 3.92. The minimum absolute atomic E-state index is 0.0848. The maximum atomic E-state index is 12.1. The Morgan fingerprint density at radius 2 is 1.90 bits per heavy atom. The van der Waals surface area contributed by atoms with Gasteiger partial charge in [-0.2, -0.15) is 0 Å². The fourth-order valence-electron chi connectivity index (χ4n) is 2.22. The summed E-state index contributed by atoms with van der Waals surface area (Å²) in [6, 6.07) is 15.4. The number of rotatable bonds is 3. The van der Waals surface area contributed by atoms with Crippen molar-refractivity contribution in [2.45, 2.75) is 6.54 Å². The molecule has 1 N–H and O–H groups in total. The summed E-state index contributed by atoms with van der Waals surface area (Å²) in [7, 11) is 1.96. The predicted octanol–water partition coefficient (Wildman–Crippen LogP) is 3.11. The van der Waals surface area contributed by atoms with Crippen molar-refractivity contribution in [3.63, 3.8) is 0 Å². The molecule has 0 saturated carbocycles. The zero-order chi connectivity index (χ0) is 14.8. The maximum Gasteiger partial charge on any atom is 0.251 e. The van der Waals surface area contributed by atoms with Gasteiger partial charge in [0.25, 0.3) is 5.91 Å². The molecule has 2 aromatic carbocycles. The van der Waals surface area contributed by atoms with Crippen LogP contribution in [0, 0.1) is 3.57 Å². The summed E-state index contributed by atoms with van der Waals surface area (Å²) in [4.78, 5) is 16.6. The topological polar surface area (TPSA) is 46.9 Å². The number of nitrogens with zero attached hydrogens (tertiary/aromatic N) is 2. The lowest BCUT2D eigenvalue weighted by atomic mass is 10.2. The van der Waals surface area contributed by atoms with E-state index in [0.29, 0.717) is 12.1 Å². The van der Waals surface area contributed by atoms with E-state index in [1.807, 2.05) is 60.1 Å². The van der Waals surface area contributed by atoms with Crippen molar-refractivity contribution in [1.82, 2.24) is 14.9 Å². The van der Waals surface area contributed by atoms with E-state index in [1.165, 1.54) is 0 Å². The largest absolute Gasteiger partial charge is 0.345 e. The Morgan fingerprint density at radius 3 is 2.62 bits per heavy atom. The second-order valence-electron chi connectivity index (χ2n) is 4.77. The summed E-state index contributed by atoms with van der Waals surface area (Å²) in [6.07, 6.45) is 0. The zero-order valence-electron chi connectivity index (χ0n) is 11.5. The van der Waals surface area contributed by atoms with E-state index < -0.39 is 0 Å². The zero-order valence-corrected chi connectivity index (χ0v) is 13.7. The number of carbonyl (C=O) groups is 1. The van der Waals surface area contributed by atoms with Crippen LogP contribution < -0.4 is 5.32 Å². The minimum atomic E-state index is -0.0848. The van der Waals surface area contributed by atoms with Crippen molar-refractivity contribution in [3.05, 3.63) is 63.5 Å². The van der Waals surface area contributed by atoms with E-state index in [4.69, 9.17) is 0 Å². The number of nitrogens with one attached hydrogen (secondary N) is 1. The highest BCUT2D eigenvalue weighted by molar-refractivity contribution is 14.1.